The largest absolute Gasteiger partial charge is 0.466 e. The van der Waals surface area contributed by atoms with Crippen molar-refractivity contribution in [1.29, 1.82) is 0 Å². The maximum Gasteiger partial charge on any atom is 0.306 e. The molecule has 0 radical (unpaired) electrons. The Balaban J connectivity index is 2.27. The van der Waals surface area contributed by atoms with Crippen molar-refractivity contribution in [1.82, 2.24) is 0 Å². The van der Waals surface area contributed by atoms with E-state index < -0.39 is 0 Å². The zero-order valence-corrected chi connectivity index (χ0v) is 8.51. The highest BCUT2D eigenvalue weighted by Gasteiger charge is 2.16. The third-order valence-corrected chi connectivity index (χ3v) is 2.51. The Hall–Kier alpha value is -0.790. The molecule has 74 valence electrons. The predicted octanol–water partition coefficient (Wildman–Crippen LogP) is 2.69. The third kappa shape index (κ3) is 3.62. The van der Waals surface area contributed by atoms with Crippen LogP contribution >= 0.6 is 0 Å². The predicted molar refractivity (Wildman–Crippen MR) is 52.3 cm³/mol. The molecule has 2 heteroatoms. The molecule has 0 spiro atoms. The molecular formula is C11H18O2. The molecule has 0 N–H and O–H groups in total. The molecule has 0 aliphatic heterocycles. The van der Waals surface area contributed by atoms with Crippen molar-refractivity contribution in [3.05, 3.63) is 11.6 Å². The van der Waals surface area contributed by atoms with Gasteiger partial charge in [0, 0.05) is 6.42 Å². The minimum absolute atomic E-state index is 0.0412. The summed E-state index contributed by atoms with van der Waals surface area (Å²) in [6.45, 7) is 4.50. The highest BCUT2D eigenvalue weighted by molar-refractivity contribution is 5.69. The highest BCUT2D eigenvalue weighted by atomic mass is 16.5. The van der Waals surface area contributed by atoms with E-state index in [0.717, 1.165) is 19.3 Å². The lowest BCUT2D eigenvalue weighted by Gasteiger charge is -2.19. The first-order valence-electron chi connectivity index (χ1n) is 5.03. The van der Waals surface area contributed by atoms with Crippen LogP contribution in [0.1, 0.15) is 39.5 Å². The molecule has 2 nitrogen and oxygen atoms in total. The third-order valence-electron chi connectivity index (χ3n) is 2.51. The molecule has 0 heterocycles. The Morgan fingerprint density at radius 3 is 3.00 bits per heavy atom. The van der Waals surface area contributed by atoms with Gasteiger partial charge in [0.2, 0.25) is 0 Å². The van der Waals surface area contributed by atoms with Crippen LogP contribution in [0.25, 0.3) is 0 Å². The average Bonchev–Trinajstić information content (AvgIpc) is 2.09. The van der Waals surface area contributed by atoms with E-state index in [1.165, 1.54) is 5.57 Å². The van der Waals surface area contributed by atoms with Crippen molar-refractivity contribution in [3.8, 4) is 0 Å². The maximum absolute atomic E-state index is 11.1. The van der Waals surface area contributed by atoms with Crippen LogP contribution in [0.15, 0.2) is 11.6 Å². The van der Waals surface area contributed by atoms with Gasteiger partial charge in [-0.2, -0.15) is 0 Å². The first-order valence-corrected chi connectivity index (χ1v) is 5.03. The molecule has 13 heavy (non-hydrogen) atoms. The first-order chi connectivity index (χ1) is 6.22. The van der Waals surface area contributed by atoms with Crippen molar-refractivity contribution in [2.75, 3.05) is 6.61 Å². The van der Waals surface area contributed by atoms with Crippen LogP contribution in [0, 0.1) is 5.92 Å². The van der Waals surface area contributed by atoms with Gasteiger partial charge in [-0.15, -0.1) is 0 Å². The minimum atomic E-state index is -0.0412. The van der Waals surface area contributed by atoms with Gasteiger partial charge in [-0.25, -0.2) is 0 Å². The quantitative estimate of drug-likeness (QED) is 0.495. The number of hydrogen-bond acceptors (Lipinski definition) is 2. The molecule has 1 rings (SSSR count). The summed E-state index contributed by atoms with van der Waals surface area (Å²) in [4.78, 5) is 11.1. The van der Waals surface area contributed by atoms with E-state index in [4.69, 9.17) is 4.74 Å². The van der Waals surface area contributed by atoms with E-state index in [0.29, 0.717) is 18.9 Å². The molecular weight excluding hydrogens is 164 g/mol. The second-order valence-corrected chi connectivity index (χ2v) is 3.70. The highest BCUT2D eigenvalue weighted by Crippen LogP contribution is 2.25. The van der Waals surface area contributed by atoms with Crippen LogP contribution in [0.3, 0.4) is 0 Å². The van der Waals surface area contributed by atoms with Crippen molar-refractivity contribution in [2.45, 2.75) is 39.5 Å². The topological polar surface area (TPSA) is 26.3 Å². The number of hydrogen-bond donors (Lipinski definition) is 0. The fourth-order valence-corrected chi connectivity index (χ4v) is 1.66. The van der Waals surface area contributed by atoms with E-state index in [1.807, 2.05) is 6.92 Å². The van der Waals surface area contributed by atoms with E-state index in [1.54, 1.807) is 0 Å². The monoisotopic (exact) mass is 182 g/mol. The van der Waals surface area contributed by atoms with Gasteiger partial charge < -0.3 is 4.74 Å². The summed E-state index contributed by atoms with van der Waals surface area (Å²) in [7, 11) is 0. The van der Waals surface area contributed by atoms with Gasteiger partial charge in [0.05, 0.1) is 6.61 Å². The van der Waals surface area contributed by atoms with Gasteiger partial charge in [0.1, 0.15) is 0 Å². The summed E-state index contributed by atoms with van der Waals surface area (Å²) in [6, 6.07) is 0. The van der Waals surface area contributed by atoms with Crippen molar-refractivity contribution >= 4 is 5.97 Å². The molecule has 1 aliphatic carbocycles. The smallest absolute Gasteiger partial charge is 0.306 e. The Labute approximate surface area is 80.0 Å². The van der Waals surface area contributed by atoms with Crippen molar-refractivity contribution in [3.63, 3.8) is 0 Å². The van der Waals surface area contributed by atoms with Crippen LogP contribution < -0.4 is 0 Å². The number of esters is 1. The van der Waals surface area contributed by atoms with Crippen LogP contribution in [0.4, 0.5) is 0 Å². The summed E-state index contributed by atoms with van der Waals surface area (Å²) >= 11 is 0. The average molecular weight is 182 g/mol. The Morgan fingerprint density at radius 1 is 1.69 bits per heavy atom. The van der Waals surface area contributed by atoms with Gasteiger partial charge in [-0.3, -0.25) is 4.79 Å². The molecule has 0 bridgehead atoms. The second-order valence-electron chi connectivity index (χ2n) is 3.70. The number of ether oxygens (including phenoxy) is 1. The molecule has 1 unspecified atom stereocenters. The molecule has 0 aromatic rings. The molecule has 0 amide bonds. The standard InChI is InChI=1S/C11H18O2/c1-3-13-11(12)8-10-6-4-9(2)5-7-10/h4,10H,3,5-8H2,1-2H3. The van der Waals surface area contributed by atoms with Gasteiger partial charge in [0.15, 0.2) is 0 Å². The Kier molecular flexibility index (Phi) is 4.00. The normalized spacial score (nSPS) is 22.3. The van der Waals surface area contributed by atoms with Gasteiger partial charge >= 0.3 is 5.97 Å². The summed E-state index contributed by atoms with van der Waals surface area (Å²) in [5, 5.41) is 0. The van der Waals surface area contributed by atoms with E-state index in [-0.39, 0.29) is 5.97 Å². The number of rotatable bonds is 3. The van der Waals surface area contributed by atoms with E-state index in [9.17, 15) is 4.79 Å². The van der Waals surface area contributed by atoms with E-state index >= 15 is 0 Å². The number of carbonyl (C=O) groups excluding carboxylic acids is 1. The summed E-state index contributed by atoms with van der Waals surface area (Å²) < 4.78 is 4.91. The fraction of sp³-hybridized carbons (Fsp3) is 0.727. The lowest BCUT2D eigenvalue weighted by molar-refractivity contribution is -0.144. The zero-order chi connectivity index (χ0) is 9.68. The Bertz CT molecular complexity index is 206. The Morgan fingerprint density at radius 2 is 2.46 bits per heavy atom. The van der Waals surface area contributed by atoms with Crippen LogP contribution in [-0.2, 0) is 9.53 Å². The molecule has 1 aliphatic rings. The zero-order valence-electron chi connectivity index (χ0n) is 8.51. The number of carbonyl (C=O) groups is 1. The summed E-state index contributed by atoms with van der Waals surface area (Å²) in [5.74, 6) is 0.475. The SMILES string of the molecule is CCOC(=O)CC1CC=C(C)CC1. The van der Waals surface area contributed by atoms with Crippen LogP contribution in [0.5, 0.6) is 0 Å². The van der Waals surface area contributed by atoms with Crippen LogP contribution in [0.2, 0.25) is 0 Å². The lowest BCUT2D eigenvalue weighted by atomic mass is 9.88. The fourth-order valence-electron chi connectivity index (χ4n) is 1.66. The molecule has 1 atom stereocenters. The number of allylic oxidation sites excluding steroid dienone is 2. The minimum Gasteiger partial charge on any atom is -0.466 e. The van der Waals surface area contributed by atoms with Crippen molar-refractivity contribution in [2.24, 2.45) is 5.92 Å². The van der Waals surface area contributed by atoms with Crippen molar-refractivity contribution < 1.29 is 9.53 Å². The van der Waals surface area contributed by atoms with Gasteiger partial charge in [-0.05, 0) is 39.0 Å². The molecule has 0 saturated carbocycles. The summed E-state index contributed by atoms with van der Waals surface area (Å²) in [5.41, 5.74) is 1.46. The lowest BCUT2D eigenvalue weighted by Crippen LogP contribution is -2.13. The molecule has 0 fully saturated rings. The van der Waals surface area contributed by atoms with Crippen LogP contribution in [-0.4, -0.2) is 12.6 Å². The maximum atomic E-state index is 11.1. The first kappa shape index (κ1) is 10.3. The van der Waals surface area contributed by atoms with E-state index in [2.05, 4.69) is 13.0 Å². The molecule has 0 saturated heterocycles. The summed E-state index contributed by atoms with van der Waals surface area (Å²) in [6.07, 6.45) is 6.17. The molecule has 0 aromatic heterocycles. The van der Waals surface area contributed by atoms with Gasteiger partial charge in [0.25, 0.3) is 0 Å². The second kappa shape index (κ2) is 5.05. The van der Waals surface area contributed by atoms with Gasteiger partial charge in [-0.1, -0.05) is 11.6 Å². The molecule has 0 aromatic carbocycles.